The number of carbonyl (C=O) groups is 1. The van der Waals surface area contributed by atoms with Gasteiger partial charge in [0, 0.05) is 23.9 Å². The molecular formula is C19H14ClFN2O2. The fraction of sp³-hybridized carbons (Fsp3) is 0.0526. The molecule has 0 aliphatic heterocycles. The van der Waals surface area contributed by atoms with Crippen molar-refractivity contribution >= 4 is 17.5 Å². The third-order valence-corrected chi connectivity index (χ3v) is 3.66. The monoisotopic (exact) mass is 356 g/mol. The van der Waals surface area contributed by atoms with E-state index in [9.17, 15) is 9.18 Å². The lowest BCUT2D eigenvalue weighted by molar-refractivity contribution is 0.0950. The molecule has 2 aromatic carbocycles. The fourth-order valence-electron chi connectivity index (χ4n) is 2.22. The van der Waals surface area contributed by atoms with E-state index < -0.39 is 5.82 Å². The highest BCUT2D eigenvalue weighted by Gasteiger charge is 2.10. The van der Waals surface area contributed by atoms with Crippen LogP contribution in [-0.2, 0) is 6.54 Å². The molecule has 1 heterocycles. The topological polar surface area (TPSA) is 51.2 Å². The Bertz CT molecular complexity index is 902. The first-order valence-electron chi connectivity index (χ1n) is 7.53. The number of ether oxygens (including phenoxy) is 1. The second-order valence-corrected chi connectivity index (χ2v) is 5.58. The Morgan fingerprint density at radius 1 is 1.08 bits per heavy atom. The molecule has 0 saturated heterocycles. The van der Waals surface area contributed by atoms with Crippen molar-refractivity contribution in [1.29, 1.82) is 0 Å². The zero-order valence-electron chi connectivity index (χ0n) is 13.1. The molecule has 1 aromatic heterocycles. The number of carbonyl (C=O) groups excluding carboxylic acids is 1. The molecule has 0 aliphatic rings. The minimum Gasteiger partial charge on any atom is -0.454 e. The van der Waals surface area contributed by atoms with Crippen LogP contribution in [0.25, 0.3) is 0 Å². The molecule has 126 valence electrons. The zero-order chi connectivity index (χ0) is 17.6. The number of pyridine rings is 1. The van der Waals surface area contributed by atoms with Crippen LogP contribution >= 0.6 is 11.6 Å². The molecule has 0 atom stereocenters. The van der Waals surface area contributed by atoms with Crippen molar-refractivity contribution in [2.45, 2.75) is 6.54 Å². The van der Waals surface area contributed by atoms with Gasteiger partial charge in [-0.15, -0.1) is 0 Å². The first-order valence-corrected chi connectivity index (χ1v) is 7.91. The lowest BCUT2D eigenvalue weighted by Crippen LogP contribution is -2.23. The third-order valence-electron chi connectivity index (χ3n) is 3.46. The molecule has 0 fully saturated rings. The Morgan fingerprint density at radius 2 is 1.80 bits per heavy atom. The van der Waals surface area contributed by atoms with Crippen molar-refractivity contribution in [1.82, 2.24) is 10.3 Å². The van der Waals surface area contributed by atoms with Gasteiger partial charge in [0.05, 0.1) is 0 Å². The van der Waals surface area contributed by atoms with E-state index in [2.05, 4.69) is 10.3 Å². The predicted octanol–water partition coefficient (Wildman–Crippen LogP) is 4.60. The summed E-state index contributed by atoms with van der Waals surface area (Å²) in [6.45, 7) is 0.226. The van der Waals surface area contributed by atoms with Gasteiger partial charge in [0.25, 0.3) is 5.91 Å². The van der Waals surface area contributed by atoms with Gasteiger partial charge < -0.3 is 10.1 Å². The molecule has 0 spiro atoms. The van der Waals surface area contributed by atoms with Crippen LogP contribution in [0.1, 0.15) is 15.9 Å². The van der Waals surface area contributed by atoms with E-state index in [4.69, 9.17) is 16.3 Å². The first kappa shape index (κ1) is 16.9. The Kier molecular flexibility index (Phi) is 5.26. The average Bonchev–Trinajstić information content (AvgIpc) is 2.62. The van der Waals surface area contributed by atoms with E-state index in [1.54, 1.807) is 42.5 Å². The maximum absolute atomic E-state index is 13.8. The second-order valence-electron chi connectivity index (χ2n) is 5.19. The first-order chi connectivity index (χ1) is 12.1. The lowest BCUT2D eigenvalue weighted by atomic mass is 10.2. The highest BCUT2D eigenvalue weighted by molar-refractivity contribution is 6.29. The number of halogens is 2. The van der Waals surface area contributed by atoms with Gasteiger partial charge in [-0.25, -0.2) is 9.37 Å². The number of para-hydroxylation sites is 2. The van der Waals surface area contributed by atoms with Gasteiger partial charge in [-0.3, -0.25) is 4.79 Å². The van der Waals surface area contributed by atoms with Gasteiger partial charge in [-0.2, -0.15) is 0 Å². The summed E-state index contributed by atoms with van der Waals surface area (Å²) in [5, 5.41) is 3.03. The van der Waals surface area contributed by atoms with Gasteiger partial charge in [0.1, 0.15) is 10.9 Å². The minimum absolute atomic E-state index is 0.127. The van der Waals surface area contributed by atoms with Crippen LogP contribution in [0.15, 0.2) is 66.9 Å². The predicted molar refractivity (Wildman–Crippen MR) is 93.3 cm³/mol. The summed E-state index contributed by atoms with van der Waals surface area (Å²) in [5.74, 6) is -0.138. The lowest BCUT2D eigenvalue weighted by Gasteiger charge is -2.12. The SMILES string of the molecule is O=C(NCc1ccccc1Oc1ccccc1F)c1ccnc(Cl)c1. The molecule has 0 unspecified atom stereocenters. The summed E-state index contributed by atoms with van der Waals surface area (Å²) < 4.78 is 19.4. The minimum atomic E-state index is -0.451. The molecule has 4 nitrogen and oxygen atoms in total. The van der Waals surface area contributed by atoms with Crippen LogP contribution < -0.4 is 10.1 Å². The quantitative estimate of drug-likeness (QED) is 0.680. The number of amides is 1. The highest BCUT2D eigenvalue weighted by atomic mass is 35.5. The molecule has 3 rings (SSSR count). The Balaban J connectivity index is 1.73. The van der Waals surface area contributed by atoms with Crippen LogP contribution in [0.3, 0.4) is 0 Å². The normalized spacial score (nSPS) is 10.3. The summed E-state index contributed by atoms with van der Waals surface area (Å²) >= 11 is 5.79. The van der Waals surface area contributed by atoms with Crippen molar-refractivity contribution in [2.24, 2.45) is 0 Å². The Hall–Kier alpha value is -2.92. The molecule has 3 aromatic rings. The summed E-state index contributed by atoms with van der Waals surface area (Å²) in [6.07, 6.45) is 1.46. The number of benzene rings is 2. The van der Waals surface area contributed by atoms with Crippen molar-refractivity contribution in [3.05, 3.63) is 89.0 Å². The Labute approximate surface area is 149 Å². The number of hydrogen-bond donors (Lipinski definition) is 1. The van der Waals surface area contributed by atoms with E-state index >= 15 is 0 Å². The number of nitrogens with zero attached hydrogens (tertiary/aromatic N) is 1. The van der Waals surface area contributed by atoms with E-state index in [-0.39, 0.29) is 23.4 Å². The fourth-order valence-corrected chi connectivity index (χ4v) is 2.39. The van der Waals surface area contributed by atoms with Crippen LogP contribution in [0.2, 0.25) is 5.15 Å². The number of rotatable bonds is 5. The van der Waals surface area contributed by atoms with Crippen molar-refractivity contribution in [2.75, 3.05) is 0 Å². The van der Waals surface area contributed by atoms with E-state index in [1.165, 1.54) is 18.3 Å². The molecule has 0 aliphatic carbocycles. The van der Waals surface area contributed by atoms with Gasteiger partial charge in [0.15, 0.2) is 11.6 Å². The zero-order valence-corrected chi connectivity index (χ0v) is 13.8. The Morgan fingerprint density at radius 3 is 2.56 bits per heavy atom. The van der Waals surface area contributed by atoms with E-state index in [0.29, 0.717) is 11.3 Å². The molecule has 1 amide bonds. The van der Waals surface area contributed by atoms with Gasteiger partial charge in [-0.1, -0.05) is 41.9 Å². The summed E-state index contributed by atoms with van der Waals surface area (Å²) in [7, 11) is 0. The summed E-state index contributed by atoms with van der Waals surface area (Å²) in [5.41, 5.74) is 1.13. The van der Waals surface area contributed by atoms with Crippen molar-refractivity contribution < 1.29 is 13.9 Å². The molecular weight excluding hydrogens is 343 g/mol. The van der Waals surface area contributed by atoms with E-state index in [0.717, 1.165) is 5.56 Å². The molecule has 0 radical (unpaired) electrons. The maximum Gasteiger partial charge on any atom is 0.251 e. The van der Waals surface area contributed by atoms with Gasteiger partial charge in [-0.05, 0) is 30.3 Å². The molecule has 25 heavy (non-hydrogen) atoms. The second kappa shape index (κ2) is 7.77. The number of nitrogens with one attached hydrogen (secondary N) is 1. The van der Waals surface area contributed by atoms with Gasteiger partial charge >= 0.3 is 0 Å². The summed E-state index contributed by atoms with van der Waals surface area (Å²) in [6, 6.07) is 16.3. The number of hydrogen-bond acceptors (Lipinski definition) is 3. The van der Waals surface area contributed by atoms with Crippen molar-refractivity contribution in [3.63, 3.8) is 0 Å². The standard InChI is InChI=1S/C19H14ClFN2O2/c20-18-11-13(9-10-22-18)19(24)23-12-14-5-1-3-7-16(14)25-17-8-4-2-6-15(17)21/h1-11H,12H2,(H,23,24). The average molecular weight is 357 g/mol. The highest BCUT2D eigenvalue weighted by Crippen LogP contribution is 2.27. The van der Waals surface area contributed by atoms with E-state index in [1.807, 2.05) is 6.07 Å². The van der Waals surface area contributed by atoms with Crippen LogP contribution in [-0.4, -0.2) is 10.9 Å². The largest absolute Gasteiger partial charge is 0.454 e. The number of aromatic nitrogens is 1. The van der Waals surface area contributed by atoms with Crippen molar-refractivity contribution in [3.8, 4) is 11.5 Å². The summed E-state index contributed by atoms with van der Waals surface area (Å²) in [4.78, 5) is 16.0. The van der Waals surface area contributed by atoms with Crippen LogP contribution in [0.4, 0.5) is 4.39 Å². The van der Waals surface area contributed by atoms with Gasteiger partial charge in [0.2, 0.25) is 0 Å². The molecule has 0 saturated carbocycles. The molecule has 6 heteroatoms. The maximum atomic E-state index is 13.8. The molecule has 0 bridgehead atoms. The third kappa shape index (κ3) is 4.33. The smallest absolute Gasteiger partial charge is 0.251 e. The van der Waals surface area contributed by atoms with Crippen LogP contribution in [0, 0.1) is 5.82 Å². The van der Waals surface area contributed by atoms with Crippen LogP contribution in [0.5, 0.6) is 11.5 Å². The molecule has 1 N–H and O–H groups in total.